The molecule has 86 valence electrons. The minimum atomic E-state index is -0.326. The average Bonchev–Trinajstić information content (AvgIpc) is 2.40. The summed E-state index contributed by atoms with van der Waals surface area (Å²) in [5, 5.41) is 12.6. The summed E-state index contributed by atoms with van der Waals surface area (Å²) in [5.74, 6) is 0.530. The molecule has 0 spiro atoms. The lowest BCUT2D eigenvalue weighted by Gasteiger charge is -2.03. The smallest absolute Gasteiger partial charge is 0.259 e. The van der Waals surface area contributed by atoms with Crippen molar-refractivity contribution in [3.05, 3.63) is 36.3 Å². The number of carbonyl (C=O) groups excluding carboxylic acids is 1. The highest BCUT2D eigenvalue weighted by Gasteiger charge is 2.07. The first-order valence-electron chi connectivity index (χ1n) is 4.88. The van der Waals surface area contributed by atoms with Crippen LogP contribution in [0.4, 0.5) is 11.8 Å². The van der Waals surface area contributed by atoms with E-state index in [4.69, 9.17) is 0 Å². The Balaban J connectivity index is 2.09. The molecule has 2 heterocycles. The van der Waals surface area contributed by atoms with E-state index in [-0.39, 0.29) is 11.9 Å². The lowest BCUT2D eigenvalue weighted by atomic mass is 10.2. The molecule has 0 aliphatic heterocycles. The van der Waals surface area contributed by atoms with Gasteiger partial charge in [0.25, 0.3) is 5.91 Å². The average molecular weight is 230 g/mol. The topological polar surface area (TPSA) is 92.7 Å². The molecule has 0 atom stereocenters. The highest BCUT2D eigenvalue weighted by molar-refractivity contribution is 6.03. The first-order valence-corrected chi connectivity index (χ1v) is 4.88. The van der Waals surface area contributed by atoms with Crippen molar-refractivity contribution in [1.82, 2.24) is 20.2 Å². The maximum atomic E-state index is 11.7. The molecule has 0 aromatic carbocycles. The van der Waals surface area contributed by atoms with Gasteiger partial charge in [-0.2, -0.15) is 5.10 Å². The third kappa shape index (κ3) is 2.71. The first-order chi connectivity index (χ1) is 8.29. The van der Waals surface area contributed by atoms with Gasteiger partial charge in [0.2, 0.25) is 5.95 Å². The third-order valence-electron chi connectivity index (χ3n) is 1.99. The van der Waals surface area contributed by atoms with E-state index in [2.05, 4.69) is 30.8 Å². The zero-order chi connectivity index (χ0) is 12.1. The third-order valence-corrected chi connectivity index (χ3v) is 1.99. The molecule has 17 heavy (non-hydrogen) atoms. The minimum Gasteiger partial charge on any atom is -0.373 e. The Kier molecular flexibility index (Phi) is 3.20. The molecule has 7 heteroatoms. The van der Waals surface area contributed by atoms with Crippen LogP contribution in [0.5, 0.6) is 0 Å². The van der Waals surface area contributed by atoms with E-state index in [1.165, 1.54) is 18.6 Å². The molecule has 0 unspecified atom stereocenters. The van der Waals surface area contributed by atoms with E-state index < -0.39 is 0 Å². The van der Waals surface area contributed by atoms with E-state index >= 15 is 0 Å². The van der Waals surface area contributed by atoms with Gasteiger partial charge in [0, 0.05) is 13.2 Å². The normalized spacial score (nSPS) is 9.71. The van der Waals surface area contributed by atoms with Gasteiger partial charge in [0.15, 0.2) is 0 Å². The molecule has 0 saturated carbocycles. The predicted molar refractivity (Wildman–Crippen MR) is 61.6 cm³/mol. The molecule has 2 aromatic heterocycles. The van der Waals surface area contributed by atoms with Crippen LogP contribution in [0.15, 0.2) is 30.7 Å². The molecule has 2 aromatic rings. The maximum absolute atomic E-state index is 11.7. The number of hydrogen-bond acceptors (Lipinski definition) is 6. The number of pyridine rings is 1. The Labute approximate surface area is 97.3 Å². The molecule has 0 bridgehead atoms. The van der Waals surface area contributed by atoms with Crippen LogP contribution in [0, 0.1) is 0 Å². The second kappa shape index (κ2) is 4.97. The molecule has 0 saturated heterocycles. The Morgan fingerprint density at radius 3 is 2.71 bits per heavy atom. The largest absolute Gasteiger partial charge is 0.373 e. The fourth-order valence-electron chi connectivity index (χ4n) is 1.15. The van der Waals surface area contributed by atoms with Crippen LogP contribution in [-0.2, 0) is 0 Å². The number of nitrogens with zero attached hydrogens (tertiary/aromatic N) is 4. The van der Waals surface area contributed by atoms with E-state index in [0.29, 0.717) is 11.4 Å². The second-order valence-corrected chi connectivity index (χ2v) is 3.10. The van der Waals surface area contributed by atoms with E-state index in [9.17, 15) is 4.79 Å². The van der Waals surface area contributed by atoms with E-state index in [1.54, 1.807) is 19.2 Å². The van der Waals surface area contributed by atoms with E-state index in [0.717, 1.165) is 0 Å². The van der Waals surface area contributed by atoms with Crippen LogP contribution in [0.25, 0.3) is 0 Å². The number of nitrogens with one attached hydrogen (secondary N) is 2. The van der Waals surface area contributed by atoms with Gasteiger partial charge < -0.3 is 5.32 Å². The second-order valence-electron chi connectivity index (χ2n) is 3.10. The van der Waals surface area contributed by atoms with Gasteiger partial charge in [-0.3, -0.25) is 10.1 Å². The van der Waals surface area contributed by atoms with Crippen LogP contribution < -0.4 is 10.6 Å². The molecule has 1 amide bonds. The molecule has 0 fully saturated rings. The molecule has 0 aliphatic rings. The van der Waals surface area contributed by atoms with Crippen LogP contribution in [-0.4, -0.2) is 33.1 Å². The molecular formula is C10H10N6O. The van der Waals surface area contributed by atoms with Crippen molar-refractivity contribution in [2.45, 2.75) is 0 Å². The van der Waals surface area contributed by atoms with Gasteiger partial charge in [-0.05, 0) is 12.1 Å². The highest BCUT2D eigenvalue weighted by atomic mass is 16.1. The zero-order valence-electron chi connectivity index (χ0n) is 9.08. The Morgan fingerprint density at radius 1 is 1.24 bits per heavy atom. The zero-order valence-corrected chi connectivity index (χ0v) is 9.08. The summed E-state index contributed by atoms with van der Waals surface area (Å²) in [5.41, 5.74) is 0.427. The monoisotopic (exact) mass is 230 g/mol. The van der Waals surface area contributed by atoms with E-state index in [1.807, 2.05) is 0 Å². The molecular weight excluding hydrogens is 220 g/mol. The lowest BCUT2D eigenvalue weighted by Crippen LogP contribution is -2.14. The van der Waals surface area contributed by atoms with Crippen molar-refractivity contribution in [3.8, 4) is 0 Å². The van der Waals surface area contributed by atoms with Gasteiger partial charge in [0.1, 0.15) is 5.82 Å². The Morgan fingerprint density at radius 2 is 2.12 bits per heavy atom. The van der Waals surface area contributed by atoms with Gasteiger partial charge in [-0.25, -0.2) is 9.97 Å². The summed E-state index contributed by atoms with van der Waals surface area (Å²) in [6, 6.07) is 3.36. The molecule has 2 rings (SSSR count). The molecule has 0 aliphatic carbocycles. The fourth-order valence-corrected chi connectivity index (χ4v) is 1.15. The van der Waals surface area contributed by atoms with Gasteiger partial charge in [-0.15, -0.1) is 5.10 Å². The maximum Gasteiger partial charge on any atom is 0.259 e. The summed E-state index contributed by atoms with van der Waals surface area (Å²) in [6.45, 7) is 0. The lowest BCUT2D eigenvalue weighted by molar-refractivity contribution is 0.102. The Hall–Kier alpha value is -2.57. The standard InChI is InChI=1S/C10H10N6O/c1-11-8-3-2-7(6-13-8)9(17)15-10-12-4-5-14-16-10/h2-6H,1H3,(H,11,13)(H,12,15,16,17). The van der Waals surface area contributed by atoms with Crippen LogP contribution >= 0.6 is 0 Å². The SMILES string of the molecule is CNc1ccc(C(=O)Nc2nccnn2)cn1. The number of anilines is 2. The number of hydrogen-bond donors (Lipinski definition) is 2. The van der Waals surface area contributed by atoms with Gasteiger partial charge >= 0.3 is 0 Å². The van der Waals surface area contributed by atoms with Crippen LogP contribution in [0.3, 0.4) is 0 Å². The quantitative estimate of drug-likeness (QED) is 0.800. The van der Waals surface area contributed by atoms with Crippen LogP contribution in [0.1, 0.15) is 10.4 Å². The van der Waals surface area contributed by atoms with Crippen molar-refractivity contribution in [2.75, 3.05) is 17.7 Å². The predicted octanol–water partition coefficient (Wildman–Crippen LogP) is 0.561. The van der Waals surface area contributed by atoms with Gasteiger partial charge in [-0.1, -0.05) is 0 Å². The fraction of sp³-hybridized carbons (Fsp3) is 0.100. The Bertz CT molecular complexity index is 498. The van der Waals surface area contributed by atoms with Crippen molar-refractivity contribution in [1.29, 1.82) is 0 Å². The van der Waals surface area contributed by atoms with Crippen molar-refractivity contribution in [2.24, 2.45) is 0 Å². The summed E-state index contributed by atoms with van der Waals surface area (Å²) in [7, 11) is 1.76. The summed E-state index contributed by atoms with van der Waals surface area (Å²) in [4.78, 5) is 19.6. The van der Waals surface area contributed by atoms with Crippen molar-refractivity contribution < 1.29 is 4.79 Å². The first kappa shape index (κ1) is 10.9. The number of aromatic nitrogens is 4. The minimum absolute atomic E-state index is 0.162. The molecule has 0 radical (unpaired) electrons. The molecule has 7 nitrogen and oxygen atoms in total. The summed E-state index contributed by atoms with van der Waals surface area (Å²) >= 11 is 0. The summed E-state index contributed by atoms with van der Waals surface area (Å²) in [6.07, 6.45) is 4.35. The molecule has 2 N–H and O–H groups in total. The number of carbonyl (C=O) groups is 1. The number of rotatable bonds is 3. The van der Waals surface area contributed by atoms with Crippen molar-refractivity contribution in [3.63, 3.8) is 0 Å². The highest BCUT2D eigenvalue weighted by Crippen LogP contribution is 2.05. The van der Waals surface area contributed by atoms with Crippen molar-refractivity contribution >= 4 is 17.7 Å². The number of amides is 1. The van der Waals surface area contributed by atoms with Gasteiger partial charge in [0.05, 0.1) is 18.0 Å². The van der Waals surface area contributed by atoms with Crippen LogP contribution in [0.2, 0.25) is 0 Å². The summed E-state index contributed by atoms with van der Waals surface area (Å²) < 4.78 is 0.